The third-order valence-corrected chi connectivity index (χ3v) is 3.25. The van der Waals surface area contributed by atoms with E-state index >= 15 is 0 Å². The van der Waals surface area contributed by atoms with Crippen LogP contribution in [0.1, 0.15) is 10.4 Å². The quantitative estimate of drug-likeness (QED) is 0.850. The molecule has 2 N–H and O–H groups in total. The number of carbonyl (C=O) groups excluding carboxylic acids is 1. The molecule has 1 aromatic heterocycles. The van der Waals surface area contributed by atoms with E-state index in [1.165, 1.54) is 12.1 Å². The molecule has 0 aliphatic heterocycles. The van der Waals surface area contributed by atoms with Crippen LogP contribution in [0, 0.1) is 0 Å². The molecule has 0 aliphatic carbocycles. The predicted octanol–water partition coefficient (Wildman–Crippen LogP) is 2.55. The molecular formula is C11H7Br2N3O2. The molecule has 1 amide bonds. The van der Waals surface area contributed by atoms with Gasteiger partial charge in [0.2, 0.25) is 0 Å². The maximum atomic E-state index is 11.9. The van der Waals surface area contributed by atoms with Crippen LogP contribution in [0.15, 0.2) is 44.1 Å². The van der Waals surface area contributed by atoms with Crippen molar-refractivity contribution in [2.24, 2.45) is 0 Å². The second-order valence-corrected chi connectivity index (χ2v) is 5.15. The number of H-pyrrole nitrogens is 1. The molecule has 0 aliphatic rings. The number of nitrogens with zero attached hydrogens (tertiary/aromatic N) is 1. The number of carbonyl (C=O) groups is 1. The van der Waals surface area contributed by atoms with E-state index in [0.29, 0.717) is 10.0 Å². The minimum Gasteiger partial charge on any atom is -0.305 e. The molecule has 0 radical (unpaired) electrons. The van der Waals surface area contributed by atoms with Crippen molar-refractivity contribution in [2.45, 2.75) is 0 Å². The van der Waals surface area contributed by atoms with Gasteiger partial charge in [-0.3, -0.25) is 9.59 Å². The Kier molecular flexibility index (Phi) is 3.93. The Morgan fingerprint density at radius 2 is 2.00 bits per heavy atom. The van der Waals surface area contributed by atoms with Gasteiger partial charge in [-0.2, -0.15) is 5.10 Å². The van der Waals surface area contributed by atoms with Crippen LogP contribution in [0.25, 0.3) is 0 Å². The summed E-state index contributed by atoms with van der Waals surface area (Å²) in [6.07, 6.45) is 0. The van der Waals surface area contributed by atoms with Crippen LogP contribution in [0.3, 0.4) is 0 Å². The molecular weight excluding hydrogens is 366 g/mol. The molecule has 1 aromatic carbocycles. The molecule has 18 heavy (non-hydrogen) atoms. The van der Waals surface area contributed by atoms with E-state index in [1.54, 1.807) is 18.2 Å². The number of hydrogen-bond acceptors (Lipinski definition) is 3. The molecule has 0 fully saturated rings. The lowest BCUT2D eigenvalue weighted by molar-refractivity contribution is 0.102. The largest absolute Gasteiger partial charge is 0.305 e. The van der Waals surface area contributed by atoms with Gasteiger partial charge in [0.15, 0.2) is 5.82 Å². The Bertz CT molecular complexity index is 634. The van der Waals surface area contributed by atoms with Crippen molar-refractivity contribution in [3.05, 3.63) is 55.2 Å². The fourth-order valence-corrected chi connectivity index (χ4v) is 2.50. The Morgan fingerprint density at radius 1 is 1.22 bits per heavy atom. The Labute approximate surface area is 119 Å². The third kappa shape index (κ3) is 3.05. The zero-order valence-corrected chi connectivity index (χ0v) is 12.1. The van der Waals surface area contributed by atoms with Crippen LogP contribution in [-0.4, -0.2) is 16.1 Å². The first-order valence-corrected chi connectivity index (χ1v) is 6.47. The maximum absolute atomic E-state index is 11.9. The predicted molar refractivity (Wildman–Crippen MR) is 74.7 cm³/mol. The summed E-state index contributed by atoms with van der Waals surface area (Å²) in [6, 6.07) is 7.94. The van der Waals surface area contributed by atoms with Crippen LogP contribution in [0.4, 0.5) is 5.82 Å². The van der Waals surface area contributed by atoms with E-state index < -0.39 is 0 Å². The van der Waals surface area contributed by atoms with Gasteiger partial charge >= 0.3 is 0 Å². The van der Waals surface area contributed by atoms with Gasteiger partial charge in [-0.05, 0) is 40.2 Å². The molecule has 0 saturated carbocycles. The molecule has 5 nitrogen and oxygen atoms in total. The molecule has 0 atom stereocenters. The van der Waals surface area contributed by atoms with E-state index in [2.05, 4.69) is 47.4 Å². The lowest BCUT2D eigenvalue weighted by atomic mass is 10.2. The van der Waals surface area contributed by atoms with Crippen molar-refractivity contribution >= 4 is 43.6 Å². The van der Waals surface area contributed by atoms with E-state index in [9.17, 15) is 9.59 Å². The van der Waals surface area contributed by atoms with Crippen LogP contribution in [0.2, 0.25) is 0 Å². The summed E-state index contributed by atoms with van der Waals surface area (Å²) >= 11 is 6.61. The van der Waals surface area contributed by atoms with Crippen molar-refractivity contribution in [3.8, 4) is 0 Å². The molecule has 2 aromatic rings. The van der Waals surface area contributed by atoms with Gasteiger partial charge in [-0.1, -0.05) is 15.9 Å². The number of anilines is 1. The molecule has 2 rings (SSSR count). The first-order chi connectivity index (χ1) is 8.56. The van der Waals surface area contributed by atoms with Crippen LogP contribution >= 0.6 is 31.9 Å². The zero-order valence-electron chi connectivity index (χ0n) is 8.91. The SMILES string of the molecule is O=C(Nc1ccc(=O)[nH]n1)c1ccc(Br)cc1Br. The molecule has 0 unspecified atom stereocenters. The van der Waals surface area contributed by atoms with Gasteiger partial charge in [-0.15, -0.1) is 0 Å². The minimum absolute atomic E-state index is 0.286. The van der Waals surface area contributed by atoms with Gasteiger partial charge in [0.1, 0.15) is 0 Å². The van der Waals surface area contributed by atoms with Crippen molar-refractivity contribution in [1.29, 1.82) is 0 Å². The number of benzene rings is 1. The topological polar surface area (TPSA) is 74.8 Å². The smallest absolute Gasteiger partial charge is 0.264 e. The molecule has 92 valence electrons. The van der Waals surface area contributed by atoms with E-state index in [-0.39, 0.29) is 17.3 Å². The number of aromatic nitrogens is 2. The highest BCUT2D eigenvalue weighted by Crippen LogP contribution is 2.22. The van der Waals surface area contributed by atoms with Crippen molar-refractivity contribution < 1.29 is 4.79 Å². The van der Waals surface area contributed by atoms with Crippen LogP contribution in [0.5, 0.6) is 0 Å². The number of rotatable bonds is 2. The summed E-state index contributed by atoms with van der Waals surface area (Å²) in [5.74, 6) is -0.0247. The van der Waals surface area contributed by atoms with Gasteiger partial charge in [0, 0.05) is 15.0 Å². The standard InChI is InChI=1S/C11H7Br2N3O2/c12-6-1-2-7(8(13)5-6)11(18)14-9-3-4-10(17)16-15-9/h1-5H,(H,16,17)(H,14,15,18). The lowest BCUT2D eigenvalue weighted by Crippen LogP contribution is -2.16. The van der Waals surface area contributed by atoms with Crippen molar-refractivity contribution in [1.82, 2.24) is 10.2 Å². The molecule has 0 bridgehead atoms. The first kappa shape index (κ1) is 13.0. The highest BCUT2D eigenvalue weighted by atomic mass is 79.9. The normalized spacial score (nSPS) is 10.1. The summed E-state index contributed by atoms with van der Waals surface area (Å²) in [7, 11) is 0. The van der Waals surface area contributed by atoms with E-state index in [4.69, 9.17) is 0 Å². The second kappa shape index (κ2) is 5.45. The number of nitrogens with one attached hydrogen (secondary N) is 2. The maximum Gasteiger partial charge on any atom is 0.264 e. The monoisotopic (exact) mass is 371 g/mol. The fourth-order valence-electron chi connectivity index (χ4n) is 1.27. The Balaban J connectivity index is 2.22. The van der Waals surface area contributed by atoms with E-state index in [0.717, 1.165) is 4.47 Å². The molecule has 0 saturated heterocycles. The van der Waals surface area contributed by atoms with Gasteiger partial charge in [0.25, 0.3) is 11.5 Å². The second-order valence-electron chi connectivity index (χ2n) is 3.38. The van der Waals surface area contributed by atoms with E-state index in [1.807, 2.05) is 0 Å². The summed E-state index contributed by atoms with van der Waals surface area (Å²) in [5.41, 5.74) is 0.157. The van der Waals surface area contributed by atoms with Gasteiger partial charge < -0.3 is 5.32 Å². The van der Waals surface area contributed by atoms with Crippen molar-refractivity contribution in [3.63, 3.8) is 0 Å². The average Bonchev–Trinajstić information content (AvgIpc) is 2.32. The molecule has 7 heteroatoms. The summed E-state index contributed by atoms with van der Waals surface area (Å²) in [4.78, 5) is 22.8. The third-order valence-electron chi connectivity index (χ3n) is 2.10. The number of halogens is 2. The highest BCUT2D eigenvalue weighted by Gasteiger charge is 2.11. The molecule has 1 heterocycles. The number of aromatic amines is 1. The minimum atomic E-state index is -0.321. The van der Waals surface area contributed by atoms with Crippen LogP contribution < -0.4 is 10.9 Å². The van der Waals surface area contributed by atoms with Crippen LogP contribution in [-0.2, 0) is 0 Å². The van der Waals surface area contributed by atoms with Crippen molar-refractivity contribution in [2.75, 3.05) is 5.32 Å². The zero-order chi connectivity index (χ0) is 13.1. The average molecular weight is 373 g/mol. The number of amides is 1. The Morgan fingerprint density at radius 3 is 2.61 bits per heavy atom. The Hall–Kier alpha value is -1.47. The molecule has 0 spiro atoms. The number of hydrogen-bond donors (Lipinski definition) is 2. The fraction of sp³-hybridized carbons (Fsp3) is 0. The first-order valence-electron chi connectivity index (χ1n) is 4.88. The summed E-state index contributed by atoms with van der Waals surface area (Å²) in [6.45, 7) is 0. The lowest BCUT2D eigenvalue weighted by Gasteiger charge is -2.05. The van der Waals surface area contributed by atoms with Gasteiger partial charge in [0.05, 0.1) is 5.56 Å². The summed E-state index contributed by atoms with van der Waals surface area (Å²) < 4.78 is 1.53. The van der Waals surface area contributed by atoms with Gasteiger partial charge in [-0.25, -0.2) is 5.10 Å². The summed E-state index contributed by atoms with van der Waals surface area (Å²) in [5, 5.41) is 8.52. The highest BCUT2D eigenvalue weighted by molar-refractivity contribution is 9.11.